The number of aldehydes is 1. The number of carboxylic acid groups (broad SMARTS) is 1. The summed E-state index contributed by atoms with van der Waals surface area (Å²) in [6.45, 7) is -2.23. The maximum absolute atomic E-state index is 12.4. The zero-order valence-electron chi connectivity index (χ0n) is 23.7. The normalized spacial score (nSPS) is 36.5. The molecule has 0 bridgehead atoms. The van der Waals surface area contributed by atoms with Crippen LogP contribution in [0.2, 0.25) is 0 Å². The number of carboxylic acids is 1. The first-order valence-electron chi connectivity index (χ1n) is 13.0. The third kappa shape index (κ3) is 9.30. The second kappa shape index (κ2) is 17.8. The van der Waals surface area contributed by atoms with E-state index in [4.69, 9.17) is 18.9 Å². The van der Waals surface area contributed by atoms with Gasteiger partial charge in [-0.1, -0.05) is 0 Å². The summed E-state index contributed by atoms with van der Waals surface area (Å²) < 4.78 is 21.3. The van der Waals surface area contributed by atoms with Gasteiger partial charge in [0.05, 0.1) is 32.0 Å². The van der Waals surface area contributed by atoms with E-state index in [9.17, 15) is 75.7 Å². The Morgan fingerprint density at radius 1 is 1.05 bits per heavy atom. The number of nitrogens with one attached hydrogen (secondary N) is 1. The molecule has 12 unspecified atom stereocenters. The van der Waals surface area contributed by atoms with Gasteiger partial charge in [0.15, 0.2) is 12.6 Å². The molecule has 2 fully saturated rings. The van der Waals surface area contributed by atoms with Crippen LogP contribution in [0.5, 0.6) is 0 Å². The molecular weight excluding hydrogens is 617 g/mol. The molecule has 0 aromatic heterocycles. The molecule has 250 valence electrons. The van der Waals surface area contributed by atoms with Gasteiger partial charge in [-0.25, -0.2) is 0 Å². The molecule has 44 heavy (non-hydrogen) atoms. The Labute approximate surface area is 271 Å². The minimum atomic E-state index is -3.18. The smallest absolute Gasteiger partial charge is 0.544 e. The molecule has 2 rings (SSSR count). The molecule has 0 saturated carbocycles. The fourth-order valence-electron chi connectivity index (χ4n) is 4.70. The Hall–Kier alpha value is -0.990. The average Bonchev–Trinajstić information content (AvgIpc) is 2.97. The Bertz CT molecular complexity index is 934. The minimum absolute atomic E-state index is 0. The van der Waals surface area contributed by atoms with Crippen LogP contribution in [0.1, 0.15) is 13.3 Å². The van der Waals surface area contributed by atoms with Crippen molar-refractivity contribution in [3.63, 3.8) is 0 Å². The molecule has 20 nitrogen and oxygen atoms in total. The fraction of sp³-hybridized carbons (Fsp3) is 0.870. The van der Waals surface area contributed by atoms with Crippen molar-refractivity contribution in [1.29, 1.82) is 0 Å². The summed E-state index contributed by atoms with van der Waals surface area (Å²) in [7, 11) is 0. The topological polar surface area (TPSA) is 346 Å². The van der Waals surface area contributed by atoms with Gasteiger partial charge in [-0.15, -0.1) is 0 Å². The zero-order chi connectivity index (χ0) is 32.8. The summed E-state index contributed by atoms with van der Waals surface area (Å²) in [5, 5.41) is 126. The van der Waals surface area contributed by atoms with Crippen molar-refractivity contribution in [2.75, 3.05) is 19.8 Å². The molecule has 0 radical (unpaired) electrons. The third-order valence-electron chi connectivity index (χ3n) is 7.00. The van der Waals surface area contributed by atoms with E-state index < -0.39 is 129 Å². The van der Waals surface area contributed by atoms with Gasteiger partial charge in [0.25, 0.3) is 0 Å². The van der Waals surface area contributed by atoms with Crippen LogP contribution in [0.15, 0.2) is 0 Å². The van der Waals surface area contributed by atoms with Crippen LogP contribution in [-0.4, -0.2) is 186 Å². The zero-order valence-corrected chi connectivity index (χ0v) is 25.7. The van der Waals surface area contributed by atoms with Gasteiger partial charge in [0, 0.05) is 13.3 Å². The number of carbonyl (C=O) groups excluding carboxylic acids is 3. The van der Waals surface area contributed by atoms with Crippen LogP contribution in [0.25, 0.3) is 0 Å². The fourth-order valence-corrected chi connectivity index (χ4v) is 4.70. The number of rotatable bonds is 15. The monoisotopic (exact) mass is 655 g/mol. The van der Waals surface area contributed by atoms with Crippen molar-refractivity contribution < 1.29 is 124 Å². The number of hydrogen-bond donors (Lipinski definition) is 12. The number of carbonyl (C=O) groups is 3. The molecule has 2 aliphatic heterocycles. The molecule has 2 aliphatic rings. The van der Waals surface area contributed by atoms with Crippen molar-refractivity contribution in [2.24, 2.45) is 0 Å². The molecule has 2 heterocycles. The minimum Gasteiger partial charge on any atom is -0.544 e. The third-order valence-corrected chi connectivity index (χ3v) is 7.00. The Kier molecular flexibility index (Phi) is 16.6. The van der Waals surface area contributed by atoms with Crippen LogP contribution in [0.3, 0.4) is 0 Å². The van der Waals surface area contributed by atoms with E-state index in [0.29, 0.717) is 0 Å². The Balaban J connectivity index is 0.00000968. The molecule has 12 N–H and O–H groups in total. The maximum Gasteiger partial charge on any atom is 1.00 e. The van der Waals surface area contributed by atoms with Gasteiger partial charge in [-0.3, -0.25) is 4.79 Å². The Morgan fingerprint density at radius 2 is 1.64 bits per heavy atom. The number of hydrogen-bond acceptors (Lipinski definition) is 19. The summed E-state index contributed by atoms with van der Waals surface area (Å²) in [6, 6.07) is -1.60. The molecule has 15 atom stereocenters. The number of ether oxygens (including phenoxy) is 4. The number of aliphatic carboxylic acids is 1. The molecule has 2 saturated heterocycles. The van der Waals surface area contributed by atoms with Crippen LogP contribution in [0, 0.1) is 0 Å². The van der Waals surface area contributed by atoms with Crippen LogP contribution in [0.4, 0.5) is 0 Å². The first-order valence-corrected chi connectivity index (χ1v) is 13.0. The molecule has 1 amide bonds. The van der Waals surface area contributed by atoms with Gasteiger partial charge in [0.2, 0.25) is 11.7 Å². The molecule has 0 aromatic carbocycles. The van der Waals surface area contributed by atoms with E-state index >= 15 is 0 Å². The molecule has 0 aromatic rings. The number of aliphatic hydroxyl groups is 11. The van der Waals surface area contributed by atoms with Crippen LogP contribution in [-0.2, 0) is 33.3 Å². The predicted molar refractivity (Wildman–Crippen MR) is 129 cm³/mol. The number of aliphatic hydroxyl groups excluding tert-OH is 11. The summed E-state index contributed by atoms with van der Waals surface area (Å²) >= 11 is 0. The second-order valence-corrected chi connectivity index (χ2v) is 10.1. The standard InChI is InChI=1S/C23H39NO19.Na/c1-7(29)24-13-8(30)2-23(22(38)39,42-19(13)15(35)10(32)4-26)43-20-16(36)12(6-28)40-21(17(20)37)41-18(11(33)5-27)14(34)9(31)3-25;/h3,8-21,26-28,30-37H,2,4-6H2,1H3,(H,24,29)(H,38,39);/q;+1/p-1/t8?,9?,10?,11?,12?,13?,14?,15?,16?,17?,18-,19-,20?,21?,23-;/m0./s1. The van der Waals surface area contributed by atoms with Crippen molar-refractivity contribution in [1.82, 2.24) is 5.32 Å². The first kappa shape index (κ1) is 41.0. The van der Waals surface area contributed by atoms with Crippen molar-refractivity contribution in [3.8, 4) is 0 Å². The van der Waals surface area contributed by atoms with E-state index in [0.717, 1.165) is 6.92 Å². The van der Waals surface area contributed by atoms with E-state index in [1.54, 1.807) is 0 Å². The van der Waals surface area contributed by atoms with Gasteiger partial charge >= 0.3 is 29.6 Å². The quantitative estimate of drug-likeness (QED) is 0.0575. The van der Waals surface area contributed by atoms with Crippen molar-refractivity contribution in [2.45, 2.75) is 105 Å². The SMILES string of the molecule is CC(=O)NC1C(O)C[C@](OC2C(O)C(CO)OC(O[C@@H](C(O)CO)C(O)C(O)C=O)C2O)(C(=O)[O-])O[C@@H]1C(O)C(O)CO.[Na+]. The van der Waals surface area contributed by atoms with E-state index in [1.807, 2.05) is 0 Å². The molecule has 0 spiro atoms. The summed E-state index contributed by atoms with van der Waals surface area (Å²) in [6.07, 6.45) is -28.4. The average molecular weight is 656 g/mol. The summed E-state index contributed by atoms with van der Waals surface area (Å²) in [5.74, 6) is -6.22. The van der Waals surface area contributed by atoms with Gasteiger partial charge < -0.3 is 95.1 Å². The van der Waals surface area contributed by atoms with E-state index in [2.05, 4.69) is 5.32 Å². The van der Waals surface area contributed by atoms with Crippen molar-refractivity contribution in [3.05, 3.63) is 0 Å². The largest absolute Gasteiger partial charge is 1.00 e. The van der Waals surface area contributed by atoms with Gasteiger partial charge in [-0.05, 0) is 0 Å². The molecule has 21 heteroatoms. The van der Waals surface area contributed by atoms with E-state index in [1.165, 1.54) is 0 Å². The van der Waals surface area contributed by atoms with Crippen molar-refractivity contribution >= 4 is 18.2 Å². The van der Waals surface area contributed by atoms with Crippen LogP contribution < -0.4 is 40.0 Å². The van der Waals surface area contributed by atoms with Gasteiger partial charge in [-0.2, -0.15) is 0 Å². The van der Waals surface area contributed by atoms with Gasteiger partial charge in [0.1, 0.15) is 73.1 Å². The Morgan fingerprint density at radius 3 is 2.11 bits per heavy atom. The second-order valence-electron chi connectivity index (χ2n) is 10.1. The maximum atomic E-state index is 12.4. The predicted octanol–water partition coefficient (Wildman–Crippen LogP) is -12.7. The summed E-state index contributed by atoms with van der Waals surface area (Å²) in [5.41, 5.74) is 0. The van der Waals surface area contributed by atoms with E-state index in [-0.39, 0.29) is 35.8 Å². The number of amides is 1. The molecular formula is C23H38NNaO19. The first-order chi connectivity index (χ1) is 20.1. The van der Waals surface area contributed by atoms with Crippen LogP contribution >= 0.6 is 0 Å². The summed E-state index contributed by atoms with van der Waals surface area (Å²) in [4.78, 5) is 35.0. The molecule has 0 aliphatic carbocycles.